The first-order valence-electron chi connectivity index (χ1n) is 5.66. The molecule has 0 aliphatic carbocycles. The highest BCUT2D eigenvalue weighted by Gasteiger charge is 2.30. The second kappa shape index (κ2) is 7.53. The molecule has 18 heavy (non-hydrogen) atoms. The van der Waals surface area contributed by atoms with Gasteiger partial charge in [-0.2, -0.15) is 0 Å². The van der Waals surface area contributed by atoms with Crippen LogP contribution in [0, 0.1) is 5.92 Å². The number of rotatable bonds is 6. The van der Waals surface area contributed by atoms with E-state index in [0.717, 1.165) is 8.66 Å². The smallest absolute Gasteiger partial charge is 0.320 e. The third kappa shape index (κ3) is 4.42. The first-order valence-corrected chi connectivity index (χ1v) is 7.26. The van der Waals surface area contributed by atoms with Gasteiger partial charge in [0.25, 0.3) is 0 Å². The van der Waals surface area contributed by atoms with Gasteiger partial charge < -0.3 is 9.47 Å². The summed E-state index contributed by atoms with van der Waals surface area (Å²) in [6.45, 7) is 3.93. The molecule has 1 aromatic rings. The molecule has 4 nitrogen and oxygen atoms in total. The fourth-order valence-electron chi connectivity index (χ4n) is 1.41. The zero-order chi connectivity index (χ0) is 13.5. The van der Waals surface area contributed by atoms with Gasteiger partial charge in [-0.3, -0.25) is 9.59 Å². The fraction of sp³-hybridized carbons (Fsp3) is 0.500. The number of carbonyl (C=O) groups excluding carboxylic acids is 2. The van der Waals surface area contributed by atoms with Crippen molar-refractivity contribution >= 4 is 39.2 Å². The normalized spacial score (nSPS) is 10.4. The third-order valence-corrected chi connectivity index (χ3v) is 3.82. The van der Waals surface area contributed by atoms with Crippen molar-refractivity contribution in [3.05, 3.63) is 20.8 Å². The minimum Gasteiger partial charge on any atom is -0.465 e. The van der Waals surface area contributed by atoms with Gasteiger partial charge in [0.1, 0.15) is 0 Å². The summed E-state index contributed by atoms with van der Waals surface area (Å²) in [7, 11) is 0. The minimum absolute atomic E-state index is 0.253. The molecule has 0 saturated carbocycles. The van der Waals surface area contributed by atoms with E-state index in [4.69, 9.17) is 9.47 Å². The van der Waals surface area contributed by atoms with Gasteiger partial charge in [0.15, 0.2) is 5.92 Å². The SMILES string of the molecule is CCOC(=O)C(Cc1ccc(Br)s1)C(=O)OCC. The van der Waals surface area contributed by atoms with Crippen molar-refractivity contribution in [3.8, 4) is 0 Å². The van der Waals surface area contributed by atoms with Crippen molar-refractivity contribution in [2.75, 3.05) is 13.2 Å². The second-order valence-corrected chi connectivity index (χ2v) is 6.01. The number of esters is 2. The molecule has 0 fully saturated rings. The summed E-state index contributed by atoms with van der Waals surface area (Å²) >= 11 is 4.83. The third-order valence-electron chi connectivity index (χ3n) is 2.18. The highest BCUT2D eigenvalue weighted by molar-refractivity contribution is 9.11. The van der Waals surface area contributed by atoms with Crippen LogP contribution in [0.2, 0.25) is 0 Å². The van der Waals surface area contributed by atoms with Crippen molar-refractivity contribution < 1.29 is 19.1 Å². The number of carbonyl (C=O) groups is 2. The summed E-state index contributed by atoms with van der Waals surface area (Å²) < 4.78 is 10.8. The van der Waals surface area contributed by atoms with Crippen molar-refractivity contribution in [2.45, 2.75) is 20.3 Å². The van der Waals surface area contributed by atoms with E-state index in [1.165, 1.54) is 11.3 Å². The molecular weight excluding hydrogens is 320 g/mol. The number of hydrogen-bond donors (Lipinski definition) is 0. The van der Waals surface area contributed by atoms with E-state index in [0.29, 0.717) is 6.42 Å². The highest BCUT2D eigenvalue weighted by atomic mass is 79.9. The van der Waals surface area contributed by atoms with E-state index in [1.807, 2.05) is 12.1 Å². The van der Waals surface area contributed by atoms with Crippen LogP contribution in [0.25, 0.3) is 0 Å². The summed E-state index contributed by atoms with van der Waals surface area (Å²) in [4.78, 5) is 24.4. The van der Waals surface area contributed by atoms with E-state index in [9.17, 15) is 9.59 Å². The van der Waals surface area contributed by atoms with Crippen molar-refractivity contribution in [1.29, 1.82) is 0 Å². The molecule has 0 amide bonds. The first kappa shape index (κ1) is 15.2. The van der Waals surface area contributed by atoms with Crippen LogP contribution in [0.1, 0.15) is 18.7 Å². The molecule has 0 aliphatic heterocycles. The Morgan fingerprint density at radius 3 is 2.17 bits per heavy atom. The molecule has 0 aliphatic rings. The van der Waals surface area contributed by atoms with Gasteiger partial charge >= 0.3 is 11.9 Å². The van der Waals surface area contributed by atoms with Crippen LogP contribution in [-0.4, -0.2) is 25.2 Å². The Morgan fingerprint density at radius 1 is 1.22 bits per heavy atom. The van der Waals surface area contributed by atoms with Gasteiger partial charge in [0.2, 0.25) is 0 Å². The van der Waals surface area contributed by atoms with E-state index in [1.54, 1.807) is 13.8 Å². The van der Waals surface area contributed by atoms with E-state index >= 15 is 0 Å². The molecule has 0 N–H and O–H groups in total. The molecule has 0 unspecified atom stereocenters. The lowest BCUT2D eigenvalue weighted by molar-refractivity contribution is -0.161. The van der Waals surface area contributed by atoms with E-state index < -0.39 is 17.9 Å². The number of ether oxygens (including phenoxy) is 2. The lowest BCUT2D eigenvalue weighted by Gasteiger charge is -2.13. The summed E-state index contributed by atoms with van der Waals surface area (Å²) in [6.07, 6.45) is 0.313. The molecule has 0 saturated heterocycles. The largest absolute Gasteiger partial charge is 0.465 e. The predicted octanol–water partition coefficient (Wildman–Crippen LogP) is 2.80. The quantitative estimate of drug-likeness (QED) is 0.593. The molecule has 0 bridgehead atoms. The van der Waals surface area contributed by atoms with Crippen LogP contribution < -0.4 is 0 Å². The van der Waals surface area contributed by atoms with Gasteiger partial charge in [-0.1, -0.05) is 0 Å². The lowest BCUT2D eigenvalue weighted by atomic mass is 10.1. The molecule has 0 spiro atoms. The lowest BCUT2D eigenvalue weighted by Crippen LogP contribution is -2.29. The Kier molecular flexibility index (Phi) is 6.35. The Bertz CT molecular complexity index is 398. The Labute approximate surface area is 118 Å². The fourth-order valence-corrected chi connectivity index (χ4v) is 2.94. The zero-order valence-corrected chi connectivity index (χ0v) is 12.7. The number of hydrogen-bond acceptors (Lipinski definition) is 5. The molecular formula is C12H15BrO4S. The minimum atomic E-state index is -0.879. The summed E-state index contributed by atoms with van der Waals surface area (Å²) in [5.74, 6) is -1.93. The van der Waals surface area contributed by atoms with Crippen molar-refractivity contribution in [3.63, 3.8) is 0 Å². The maximum absolute atomic E-state index is 11.7. The van der Waals surface area contributed by atoms with Crippen molar-refractivity contribution in [1.82, 2.24) is 0 Å². The van der Waals surface area contributed by atoms with Gasteiger partial charge in [-0.25, -0.2) is 0 Å². The first-order chi connectivity index (χ1) is 8.58. The van der Waals surface area contributed by atoms with E-state index in [2.05, 4.69) is 15.9 Å². The zero-order valence-electron chi connectivity index (χ0n) is 10.3. The monoisotopic (exact) mass is 334 g/mol. The topological polar surface area (TPSA) is 52.6 Å². The highest BCUT2D eigenvalue weighted by Crippen LogP contribution is 2.25. The van der Waals surface area contributed by atoms with Gasteiger partial charge in [0.05, 0.1) is 17.0 Å². The van der Waals surface area contributed by atoms with Crippen molar-refractivity contribution in [2.24, 2.45) is 5.92 Å². The van der Waals surface area contributed by atoms with Gasteiger partial charge in [-0.05, 0) is 41.9 Å². The van der Waals surface area contributed by atoms with Crippen LogP contribution in [0.3, 0.4) is 0 Å². The average Bonchev–Trinajstić information content (AvgIpc) is 2.72. The van der Waals surface area contributed by atoms with E-state index in [-0.39, 0.29) is 13.2 Å². The molecule has 6 heteroatoms. The summed E-state index contributed by atoms with van der Waals surface area (Å²) in [5, 5.41) is 0. The van der Waals surface area contributed by atoms with Gasteiger partial charge in [0, 0.05) is 11.3 Å². The van der Waals surface area contributed by atoms with Crippen LogP contribution in [0.15, 0.2) is 15.9 Å². The Hall–Kier alpha value is -0.880. The maximum Gasteiger partial charge on any atom is 0.320 e. The van der Waals surface area contributed by atoms with Crippen LogP contribution in [-0.2, 0) is 25.5 Å². The molecule has 0 atom stereocenters. The Balaban J connectivity index is 2.76. The van der Waals surface area contributed by atoms with Crippen LogP contribution in [0.4, 0.5) is 0 Å². The second-order valence-electron chi connectivity index (χ2n) is 3.47. The summed E-state index contributed by atoms with van der Waals surface area (Å²) in [5.41, 5.74) is 0. The molecule has 100 valence electrons. The van der Waals surface area contributed by atoms with Crippen LogP contribution in [0.5, 0.6) is 0 Å². The molecule has 1 rings (SSSR count). The Morgan fingerprint density at radius 2 is 1.78 bits per heavy atom. The maximum atomic E-state index is 11.7. The number of halogens is 1. The predicted molar refractivity (Wildman–Crippen MR) is 72.5 cm³/mol. The van der Waals surface area contributed by atoms with Gasteiger partial charge in [-0.15, -0.1) is 11.3 Å². The number of thiophene rings is 1. The molecule has 0 aromatic carbocycles. The average molecular weight is 335 g/mol. The summed E-state index contributed by atoms with van der Waals surface area (Å²) in [6, 6.07) is 3.76. The molecule has 1 heterocycles. The molecule has 1 aromatic heterocycles. The van der Waals surface area contributed by atoms with Crippen LogP contribution >= 0.6 is 27.3 Å². The standard InChI is InChI=1S/C12H15BrO4S/c1-3-16-11(14)9(12(15)17-4-2)7-8-5-6-10(13)18-8/h5-6,9H,3-4,7H2,1-2H3. The molecule has 0 radical (unpaired) electrons.